The minimum atomic E-state index is -0.0684. The summed E-state index contributed by atoms with van der Waals surface area (Å²) in [6.07, 6.45) is 3.47. The predicted octanol–water partition coefficient (Wildman–Crippen LogP) is 2.24. The van der Waals surface area contributed by atoms with E-state index in [1.807, 2.05) is 12.1 Å². The van der Waals surface area contributed by atoms with Crippen LogP contribution in [0.1, 0.15) is 29.6 Å². The Balaban J connectivity index is 1.62. The summed E-state index contributed by atoms with van der Waals surface area (Å²) in [7, 11) is 1.59. The average molecular weight is 263 g/mol. The van der Waals surface area contributed by atoms with Crippen molar-refractivity contribution in [2.24, 2.45) is 5.92 Å². The molecule has 1 saturated carbocycles. The van der Waals surface area contributed by atoms with Gasteiger partial charge >= 0.3 is 0 Å². The number of amides is 1. The third kappa shape index (κ3) is 4.91. The highest BCUT2D eigenvalue weighted by Crippen LogP contribution is 2.28. The molecule has 0 radical (unpaired) electrons. The van der Waals surface area contributed by atoms with E-state index in [0.717, 1.165) is 25.6 Å². The van der Waals surface area contributed by atoms with Crippen molar-refractivity contribution in [1.29, 1.82) is 0 Å². The van der Waals surface area contributed by atoms with Crippen LogP contribution in [0.5, 0.6) is 5.75 Å². The molecule has 19 heavy (non-hydrogen) atoms. The summed E-state index contributed by atoms with van der Waals surface area (Å²) in [5.41, 5.74) is 0.623. The molecule has 1 aliphatic rings. The van der Waals surface area contributed by atoms with Gasteiger partial charge in [0.2, 0.25) is 0 Å². The first-order chi connectivity index (χ1) is 9.29. The van der Waals surface area contributed by atoms with Gasteiger partial charge in [0.05, 0.1) is 7.11 Å². The molecule has 0 heterocycles. The van der Waals surface area contributed by atoms with Crippen molar-refractivity contribution in [3.63, 3.8) is 0 Å². The first kappa shape index (κ1) is 13.9. The van der Waals surface area contributed by atoms with E-state index >= 15 is 0 Å². The molecule has 104 valence electrons. The number of methoxy groups -OCH3 is 1. The van der Waals surface area contributed by atoms with Crippen molar-refractivity contribution in [1.82, 2.24) is 5.32 Å². The molecule has 1 amide bonds. The maximum absolute atomic E-state index is 11.9. The van der Waals surface area contributed by atoms with Crippen LogP contribution in [0.15, 0.2) is 24.3 Å². The number of hydrogen-bond donors (Lipinski definition) is 1. The molecule has 0 unspecified atom stereocenters. The first-order valence-electron chi connectivity index (χ1n) is 6.79. The molecule has 1 N–H and O–H groups in total. The van der Waals surface area contributed by atoms with Crippen molar-refractivity contribution in [2.75, 3.05) is 26.9 Å². The van der Waals surface area contributed by atoms with Crippen molar-refractivity contribution in [2.45, 2.75) is 19.3 Å². The molecule has 4 nitrogen and oxygen atoms in total. The Morgan fingerprint density at radius 3 is 3.00 bits per heavy atom. The number of carbonyl (C=O) groups excluding carboxylic acids is 1. The van der Waals surface area contributed by atoms with E-state index in [4.69, 9.17) is 9.47 Å². The molecule has 0 bridgehead atoms. The van der Waals surface area contributed by atoms with Gasteiger partial charge < -0.3 is 14.8 Å². The fourth-order valence-electron chi connectivity index (χ4n) is 1.78. The second-order valence-corrected chi connectivity index (χ2v) is 4.86. The Bertz CT molecular complexity index is 416. The molecule has 1 aromatic rings. The average Bonchev–Trinajstić information content (AvgIpc) is 3.26. The van der Waals surface area contributed by atoms with Gasteiger partial charge in [-0.05, 0) is 43.4 Å². The van der Waals surface area contributed by atoms with E-state index < -0.39 is 0 Å². The van der Waals surface area contributed by atoms with E-state index in [2.05, 4.69) is 5.32 Å². The van der Waals surface area contributed by atoms with Gasteiger partial charge in [0.15, 0.2) is 0 Å². The number of ether oxygens (including phenoxy) is 2. The molecule has 0 aliphatic heterocycles. The van der Waals surface area contributed by atoms with Crippen LogP contribution >= 0.6 is 0 Å². The summed E-state index contributed by atoms with van der Waals surface area (Å²) in [6.45, 7) is 2.24. The summed E-state index contributed by atoms with van der Waals surface area (Å²) in [5.74, 6) is 1.42. The Kier molecular flexibility index (Phi) is 5.21. The normalized spacial score (nSPS) is 14.2. The van der Waals surface area contributed by atoms with Crippen LogP contribution in [-0.4, -0.2) is 32.8 Å². The lowest BCUT2D eigenvalue weighted by molar-refractivity contribution is 0.0937. The van der Waals surface area contributed by atoms with Gasteiger partial charge in [0.25, 0.3) is 5.91 Å². The number of carbonyl (C=O) groups is 1. The Hall–Kier alpha value is -1.55. The first-order valence-corrected chi connectivity index (χ1v) is 6.79. The molecular formula is C15H21NO3. The van der Waals surface area contributed by atoms with E-state index in [-0.39, 0.29) is 5.91 Å². The lowest BCUT2D eigenvalue weighted by Gasteiger charge is -2.07. The van der Waals surface area contributed by atoms with Gasteiger partial charge in [-0.25, -0.2) is 0 Å². The monoisotopic (exact) mass is 263 g/mol. The SMILES string of the molecule is COc1cccc(C(=O)NCCCOCC2CC2)c1. The second kappa shape index (κ2) is 7.14. The third-order valence-corrected chi connectivity index (χ3v) is 3.13. The Morgan fingerprint density at radius 1 is 1.42 bits per heavy atom. The fourth-order valence-corrected chi connectivity index (χ4v) is 1.78. The van der Waals surface area contributed by atoms with Crippen molar-refractivity contribution >= 4 is 5.91 Å². The quantitative estimate of drug-likeness (QED) is 0.732. The number of benzene rings is 1. The van der Waals surface area contributed by atoms with E-state index in [1.165, 1.54) is 12.8 Å². The largest absolute Gasteiger partial charge is 0.497 e. The standard InChI is InChI=1S/C15H21NO3/c1-18-14-5-2-4-13(10-14)15(17)16-8-3-9-19-11-12-6-7-12/h2,4-5,10,12H,3,6-9,11H2,1H3,(H,16,17). The molecule has 1 aromatic carbocycles. The van der Waals surface area contributed by atoms with E-state index in [9.17, 15) is 4.79 Å². The van der Waals surface area contributed by atoms with Crippen LogP contribution in [0.3, 0.4) is 0 Å². The smallest absolute Gasteiger partial charge is 0.251 e. The summed E-state index contributed by atoms with van der Waals surface area (Å²) < 4.78 is 10.6. The highest BCUT2D eigenvalue weighted by Gasteiger charge is 2.20. The van der Waals surface area contributed by atoms with Gasteiger partial charge in [-0.15, -0.1) is 0 Å². The second-order valence-electron chi connectivity index (χ2n) is 4.86. The molecule has 0 spiro atoms. The van der Waals surface area contributed by atoms with Crippen LogP contribution in [0, 0.1) is 5.92 Å². The zero-order valence-electron chi connectivity index (χ0n) is 11.4. The Morgan fingerprint density at radius 2 is 2.26 bits per heavy atom. The van der Waals surface area contributed by atoms with E-state index in [0.29, 0.717) is 17.9 Å². The van der Waals surface area contributed by atoms with Gasteiger partial charge in [0.1, 0.15) is 5.75 Å². The predicted molar refractivity (Wildman–Crippen MR) is 73.5 cm³/mol. The summed E-state index contributed by atoms with van der Waals surface area (Å²) in [5, 5.41) is 2.88. The van der Waals surface area contributed by atoms with E-state index in [1.54, 1.807) is 19.2 Å². The van der Waals surface area contributed by atoms with Crippen molar-refractivity contribution in [3.8, 4) is 5.75 Å². The van der Waals surface area contributed by atoms with Gasteiger partial charge in [0, 0.05) is 25.3 Å². The molecule has 2 rings (SSSR count). The highest BCUT2D eigenvalue weighted by atomic mass is 16.5. The van der Waals surface area contributed by atoms with Crippen LogP contribution in [-0.2, 0) is 4.74 Å². The maximum Gasteiger partial charge on any atom is 0.251 e. The van der Waals surface area contributed by atoms with Crippen LogP contribution < -0.4 is 10.1 Å². The van der Waals surface area contributed by atoms with Crippen molar-refractivity contribution in [3.05, 3.63) is 29.8 Å². The molecule has 4 heteroatoms. The summed E-state index contributed by atoms with van der Waals surface area (Å²) >= 11 is 0. The lowest BCUT2D eigenvalue weighted by atomic mass is 10.2. The third-order valence-electron chi connectivity index (χ3n) is 3.13. The van der Waals surface area contributed by atoms with Crippen LogP contribution in [0.25, 0.3) is 0 Å². The van der Waals surface area contributed by atoms with Crippen molar-refractivity contribution < 1.29 is 14.3 Å². The molecular weight excluding hydrogens is 242 g/mol. The molecule has 0 atom stereocenters. The topological polar surface area (TPSA) is 47.6 Å². The van der Waals surface area contributed by atoms with Gasteiger partial charge in [-0.3, -0.25) is 4.79 Å². The lowest BCUT2D eigenvalue weighted by Crippen LogP contribution is -2.25. The zero-order chi connectivity index (χ0) is 13.5. The maximum atomic E-state index is 11.9. The van der Waals surface area contributed by atoms with Gasteiger partial charge in [-0.2, -0.15) is 0 Å². The Labute approximate surface area is 114 Å². The zero-order valence-corrected chi connectivity index (χ0v) is 11.4. The minimum Gasteiger partial charge on any atom is -0.497 e. The van der Waals surface area contributed by atoms with Crippen LogP contribution in [0.2, 0.25) is 0 Å². The number of hydrogen-bond acceptors (Lipinski definition) is 3. The molecule has 1 aliphatic carbocycles. The number of nitrogens with one attached hydrogen (secondary N) is 1. The number of rotatable bonds is 8. The highest BCUT2D eigenvalue weighted by molar-refractivity contribution is 5.94. The van der Waals surface area contributed by atoms with Crippen LogP contribution in [0.4, 0.5) is 0 Å². The molecule has 0 aromatic heterocycles. The fraction of sp³-hybridized carbons (Fsp3) is 0.533. The summed E-state index contributed by atoms with van der Waals surface area (Å²) in [4.78, 5) is 11.9. The minimum absolute atomic E-state index is 0.0684. The molecule has 1 fully saturated rings. The summed E-state index contributed by atoms with van der Waals surface area (Å²) in [6, 6.07) is 7.15. The van der Waals surface area contributed by atoms with Gasteiger partial charge in [-0.1, -0.05) is 6.07 Å². The molecule has 0 saturated heterocycles.